The third-order valence-corrected chi connectivity index (χ3v) is 4.50. The second kappa shape index (κ2) is 9.32. The van der Waals surface area contributed by atoms with Crippen LogP contribution < -0.4 is 9.47 Å². The van der Waals surface area contributed by atoms with Gasteiger partial charge in [-0.05, 0) is 54.3 Å². The first-order chi connectivity index (χ1) is 13.9. The normalized spacial score (nSPS) is 12.0. The number of aryl methyl sites for hydroxylation is 1. The maximum atomic E-state index is 12.0. The Hall–Kier alpha value is -3.21. The second-order valence-electron chi connectivity index (χ2n) is 7.45. The van der Waals surface area contributed by atoms with Crippen LogP contribution in [0.5, 0.6) is 17.4 Å². The lowest BCUT2D eigenvalue weighted by Crippen LogP contribution is -2.15. The van der Waals surface area contributed by atoms with Crippen molar-refractivity contribution in [3.63, 3.8) is 0 Å². The fourth-order valence-electron chi connectivity index (χ4n) is 3.05. The third-order valence-electron chi connectivity index (χ3n) is 4.50. The minimum atomic E-state index is -0.897. The number of hydrogen-bond donors (Lipinski definition) is 1. The number of furan rings is 1. The topological polar surface area (TPSA) is 68.9 Å². The zero-order valence-electron chi connectivity index (χ0n) is 16.9. The number of para-hydroxylation sites is 1. The van der Waals surface area contributed by atoms with Crippen molar-refractivity contribution in [3.05, 3.63) is 77.6 Å². The maximum absolute atomic E-state index is 12.0. The van der Waals surface area contributed by atoms with E-state index in [4.69, 9.17) is 13.9 Å². The van der Waals surface area contributed by atoms with Gasteiger partial charge in [-0.3, -0.25) is 4.79 Å². The molecule has 0 bridgehead atoms. The number of carboxylic acid groups (broad SMARTS) is 1. The quantitative estimate of drug-likeness (QED) is 0.495. The van der Waals surface area contributed by atoms with Crippen LogP contribution in [0.15, 0.2) is 65.1 Å². The lowest BCUT2D eigenvalue weighted by molar-refractivity contribution is -0.138. The highest BCUT2D eigenvalue weighted by atomic mass is 16.6. The molecule has 5 heteroatoms. The summed E-state index contributed by atoms with van der Waals surface area (Å²) in [6.45, 7) is 6.69. The van der Waals surface area contributed by atoms with Crippen LogP contribution in [0.4, 0.5) is 0 Å². The number of ether oxygens (including phenoxy) is 2. The van der Waals surface area contributed by atoms with Crippen molar-refractivity contribution in [2.24, 2.45) is 5.92 Å². The summed E-state index contributed by atoms with van der Waals surface area (Å²) >= 11 is 0. The molecule has 0 aliphatic rings. The standard InChI is InChI=1S/C24H26O5/c1-16(2)15-27-19-9-11-21(17(3)13-19)22(24(25)26)14-20-10-12-23(29-20)28-18-7-5-4-6-8-18/h4-13,16,22H,14-15H2,1-3H3,(H,25,26). The van der Waals surface area contributed by atoms with Gasteiger partial charge in [0.05, 0.1) is 12.5 Å². The third kappa shape index (κ3) is 5.64. The predicted octanol–water partition coefficient (Wildman–Crippen LogP) is 5.83. The highest BCUT2D eigenvalue weighted by Gasteiger charge is 2.24. The highest BCUT2D eigenvalue weighted by molar-refractivity contribution is 5.77. The first-order valence-electron chi connectivity index (χ1n) is 9.70. The van der Waals surface area contributed by atoms with Crippen molar-refractivity contribution in [2.45, 2.75) is 33.1 Å². The van der Waals surface area contributed by atoms with Crippen LogP contribution in [0.25, 0.3) is 0 Å². The summed E-state index contributed by atoms with van der Waals surface area (Å²) < 4.78 is 17.1. The number of aliphatic carboxylic acids is 1. The van der Waals surface area contributed by atoms with E-state index in [1.807, 2.05) is 55.5 Å². The van der Waals surface area contributed by atoms with Gasteiger partial charge in [0.2, 0.25) is 0 Å². The van der Waals surface area contributed by atoms with Crippen molar-refractivity contribution < 1.29 is 23.8 Å². The van der Waals surface area contributed by atoms with Gasteiger partial charge in [-0.15, -0.1) is 0 Å². The Morgan fingerprint density at radius 2 is 1.79 bits per heavy atom. The Morgan fingerprint density at radius 1 is 1.03 bits per heavy atom. The van der Waals surface area contributed by atoms with Gasteiger partial charge in [-0.25, -0.2) is 0 Å². The zero-order chi connectivity index (χ0) is 20.8. The van der Waals surface area contributed by atoms with Gasteiger partial charge < -0.3 is 19.0 Å². The maximum Gasteiger partial charge on any atom is 0.311 e. The fourth-order valence-corrected chi connectivity index (χ4v) is 3.05. The average molecular weight is 394 g/mol. The molecule has 152 valence electrons. The number of hydrogen-bond acceptors (Lipinski definition) is 4. The van der Waals surface area contributed by atoms with Gasteiger partial charge in [0.25, 0.3) is 5.95 Å². The highest BCUT2D eigenvalue weighted by Crippen LogP contribution is 2.30. The Kier molecular flexibility index (Phi) is 6.60. The molecule has 0 spiro atoms. The lowest BCUT2D eigenvalue weighted by Gasteiger charge is -2.16. The van der Waals surface area contributed by atoms with Gasteiger partial charge in [0, 0.05) is 12.5 Å². The van der Waals surface area contributed by atoms with E-state index in [0.29, 0.717) is 30.0 Å². The van der Waals surface area contributed by atoms with Crippen LogP contribution in [-0.4, -0.2) is 17.7 Å². The van der Waals surface area contributed by atoms with E-state index in [1.54, 1.807) is 12.1 Å². The Labute approximate surface area is 170 Å². The summed E-state index contributed by atoms with van der Waals surface area (Å²) in [5, 5.41) is 9.80. The van der Waals surface area contributed by atoms with Crippen LogP contribution >= 0.6 is 0 Å². The molecule has 1 unspecified atom stereocenters. The second-order valence-corrected chi connectivity index (χ2v) is 7.45. The molecule has 0 aliphatic heterocycles. The van der Waals surface area contributed by atoms with Gasteiger partial charge in [0.1, 0.15) is 17.3 Å². The van der Waals surface area contributed by atoms with Crippen molar-refractivity contribution in [2.75, 3.05) is 6.61 Å². The van der Waals surface area contributed by atoms with E-state index < -0.39 is 11.9 Å². The van der Waals surface area contributed by atoms with E-state index in [1.165, 1.54) is 0 Å². The molecule has 0 fully saturated rings. The summed E-state index contributed by atoms with van der Waals surface area (Å²) in [4.78, 5) is 12.0. The summed E-state index contributed by atoms with van der Waals surface area (Å²) in [5.41, 5.74) is 1.63. The number of rotatable bonds is 9. The van der Waals surface area contributed by atoms with Crippen LogP contribution in [0.1, 0.15) is 36.7 Å². The molecular formula is C24H26O5. The Bertz CT molecular complexity index is 943. The molecule has 5 nitrogen and oxygen atoms in total. The van der Waals surface area contributed by atoms with Gasteiger partial charge >= 0.3 is 5.97 Å². The number of benzene rings is 2. The van der Waals surface area contributed by atoms with Crippen LogP contribution in [0, 0.1) is 12.8 Å². The summed E-state index contributed by atoms with van der Waals surface area (Å²) in [5.74, 6) is 1.12. The molecule has 29 heavy (non-hydrogen) atoms. The molecule has 0 saturated carbocycles. The number of carboxylic acids is 1. The summed E-state index contributed by atoms with van der Waals surface area (Å²) in [7, 11) is 0. The molecular weight excluding hydrogens is 368 g/mol. The molecule has 2 aromatic carbocycles. The molecule has 0 aliphatic carbocycles. The summed E-state index contributed by atoms with van der Waals surface area (Å²) in [6.07, 6.45) is 0.237. The first kappa shape index (κ1) is 20.5. The molecule has 1 aromatic heterocycles. The van der Waals surface area contributed by atoms with E-state index in [2.05, 4.69) is 13.8 Å². The van der Waals surface area contributed by atoms with Crippen LogP contribution in [0.3, 0.4) is 0 Å². The van der Waals surface area contributed by atoms with Gasteiger partial charge in [0.15, 0.2) is 0 Å². The van der Waals surface area contributed by atoms with Crippen molar-refractivity contribution in [3.8, 4) is 17.4 Å². The van der Waals surface area contributed by atoms with Crippen molar-refractivity contribution in [1.29, 1.82) is 0 Å². The van der Waals surface area contributed by atoms with Gasteiger partial charge in [-0.2, -0.15) is 0 Å². The van der Waals surface area contributed by atoms with E-state index >= 15 is 0 Å². The molecule has 0 amide bonds. The Balaban J connectivity index is 1.73. The fraction of sp³-hybridized carbons (Fsp3) is 0.292. The SMILES string of the molecule is Cc1cc(OCC(C)C)ccc1C(Cc1ccc(Oc2ccccc2)o1)C(=O)O. The smallest absolute Gasteiger partial charge is 0.311 e. The largest absolute Gasteiger partial charge is 0.493 e. The predicted molar refractivity (Wildman–Crippen MR) is 111 cm³/mol. The van der Waals surface area contributed by atoms with E-state index in [9.17, 15) is 9.90 Å². The van der Waals surface area contributed by atoms with Crippen LogP contribution in [-0.2, 0) is 11.2 Å². The number of carbonyl (C=O) groups is 1. The lowest BCUT2D eigenvalue weighted by atomic mass is 9.91. The van der Waals surface area contributed by atoms with E-state index in [0.717, 1.165) is 16.9 Å². The molecule has 1 N–H and O–H groups in total. The molecule has 1 atom stereocenters. The minimum Gasteiger partial charge on any atom is -0.493 e. The molecule has 1 heterocycles. The Morgan fingerprint density at radius 3 is 2.45 bits per heavy atom. The molecule has 3 rings (SSSR count). The van der Waals surface area contributed by atoms with Crippen molar-refractivity contribution >= 4 is 5.97 Å². The van der Waals surface area contributed by atoms with Gasteiger partial charge in [-0.1, -0.05) is 38.1 Å². The molecule has 0 saturated heterocycles. The minimum absolute atomic E-state index is 0.237. The summed E-state index contributed by atoms with van der Waals surface area (Å²) in [6, 6.07) is 18.3. The monoisotopic (exact) mass is 394 g/mol. The zero-order valence-corrected chi connectivity index (χ0v) is 16.9. The average Bonchev–Trinajstić information content (AvgIpc) is 3.12. The first-order valence-corrected chi connectivity index (χ1v) is 9.70. The van der Waals surface area contributed by atoms with Crippen LogP contribution in [0.2, 0.25) is 0 Å². The van der Waals surface area contributed by atoms with Crippen molar-refractivity contribution in [1.82, 2.24) is 0 Å². The molecule has 3 aromatic rings. The molecule has 0 radical (unpaired) electrons. The van der Waals surface area contributed by atoms with E-state index in [-0.39, 0.29) is 6.42 Å².